The Bertz CT molecular complexity index is 401. The van der Waals surface area contributed by atoms with Crippen molar-refractivity contribution in [2.45, 2.75) is 26.2 Å². The minimum Gasteiger partial charge on any atom is -0.460 e. The van der Waals surface area contributed by atoms with Gasteiger partial charge in [0.1, 0.15) is 12.3 Å². The molecule has 0 atom stereocenters. The van der Waals surface area contributed by atoms with Crippen LogP contribution < -0.4 is 0 Å². The Balaban J connectivity index is 1.74. The van der Waals surface area contributed by atoms with Crippen molar-refractivity contribution >= 4 is 5.97 Å². The van der Waals surface area contributed by atoms with Crippen LogP contribution in [-0.2, 0) is 4.74 Å². The Hall–Kier alpha value is -1.42. The Morgan fingerprint density at radius 1 is 1.39 bits per heavy atom. The zero-order valence-corrected chi connectivity index (χ0v) is 10.9. The highest BCUT2D eigenvalue weighted by atomic mass is 16.5. The molecule has 1 aliphatic heterocycles. The van der Waals surface area contributed by atoms with Crippen molar-refractivity contribution in [1.29, 1.82) is 0 Å². The molecule has 4 heteroatoms. The highest BCUT2D eigenvalue weighted by Crippen LogP contribution is 2.08. The standard InChI is InChI=1S/C14H20N2O2/c1-12-5-6-15-13(11-12)14(17)18-10-9-16-7-3-2-4-8-16/h5-6,11H,2-4,7-10H2,1H3. The van der Waals surface area contributed by atoms with Gasteiger partial charge in [-0.15, -0.1) is 0 Å². The SMILES string of the molecule is Cc1ccnc(C(=O)OCCN2CCCCC2)c1. The van der Waals surface area contributed by atoms with E-state index in [4.69, 9.17) is 4.74 Å². The van der Waals surface area contributed by atoms with Crippen molar-refractivity contribution in [3.63, 3.8) is 0 Å². The van der Waals surface area contributed by atoms with E-state index in [0.717, 1.165) is 25.2 Å². The summed E-state index contributed by atoms with van der Waals surface area (Å²) < 4.78 is 5.24. The Morgan fingerprint density at radius 3 is 2.89 bits per heavy atom. The summed E-state index contributed by atoms with van der Waals surface area (Å²) in [5.41, 5.74) is 1.42. The van der Waals surface area contributed by atoms with Crippen molar-refractivity contribution in [2.24, 2.45) is 0 Å². The largest absolute Gasteiger partial charge is 0.460 e. The summed E-state index contributed by atoms with van der Waals surface area (Å²) in [5, 5.41) is 0. The number of carbonyl (C=O) groups excluding carboxylic acids is 1. The molecule has 1 saturated heterocycles. The topological polar surface area (TPSA) is 42.4 Å². The third-order valence-electron chi connectivity index (χ3n) is 3.21. The van der Waals surface area contributed by atoms with Crippen LogP contribution in [0.3, 0.4) is 0 Å². The first-order valence-corrected chi connectivity index (χ1v) is 6.58. The third-order valence-corrected chi connectivity index (χ3v) is 3.21. The van der Waals surface area contributed by atoms with Crippen LogP contribution >= 0.6 is 0 Å². The number of likely N-dealkylation sites (tertiary alicyclic amines) is 1. The minimum atomic E-state index is -0.323. The number of ether oxygens (including phenoxy) is 1. The highest BCUT2D eigenvalue weighted by Gasteiger charge is 2.12. The van der Waals surface area contributed by atoms with Gasteiger partial charge in [0.2, 0.25) is 0 Å². The van der Waals surface area contributed by atoms with Gasteiger partial charge < -0.3 is 4.74 Å². The molecular formula is C14H20N2O2. The molecule has 1 aliphatic rings. The number of nitrogens with zero attached hydrogens (tertiary/aromatic N) is 2. The average molecular weight is 248 g/mol. The van der Waals surface area contributed by atoms with Gasteiger partial charge in [0.25, 0.3) is 0 Å². The zero-order valence-electron chi connectivity index (χ0n) is 10.9. The predicted octanol–water partition coefficient (Wildman–Crippen LogP) is 2.03. The quantitative estimate of drug-likeness (QED) is 0.765. The van der Waals surface area contributed by atoms with Gasteiger partial charge in [0.05, 0.1) is 0 Å². The van der Waals surface area contributed by atoms with Gasteiger partial charge in [-0.1, -0.05) is 6.42 Å². The molecule has 1 aromatic heterocycles. The number of hydrogen-bond acceptors (Lipinski definition) is 4. The van der Waals surface area contributed by atoms with Gasteiger partial charge in [-0.3, -0.25) is 4.90 Å². The van der Waals surface area contributed by atoms with Crippen LogP contribution in [-0.4, -0.2) is 42.1 Å². The lowest BCUT2D eigenvalue weighted by Gasteiger charge is -2.25. The first-order valence-electron chi connectivity index (χ1n) is 6.58. The molecule has 0 spiro atoms. The van der Waals surface area contributed by atoms with Gasteiger partial charge >= 0.3 is 5.97 Å². The van der Waals surface area contributed by atoms with Crippen LogP contribution in [0.4, 0.5) is 0 Å². The van der Waals surface area contributed by atoms with E-state index in [2.05, 4.69) is 9.88 Å². The van der Waals surface area contributed by atoms with Gasteiger partial charge in [-0.05, 0) is 50.6 Å². The molecule has 0 amide bonds. The molecule has 18 heavy (non-hydrogen) atoms. The summed E-state index contributed by atoms with van der Waals surface area (Å²) in [6.07, 6.45) is 5.47. The minimum absolute atomic E-state index is 0.323. The van der Waals surface area contributed by atoms with Gasteiger partial charge in [-0.25, -0.2) is 9.78 Å². The van der Waals surface area contributed by atoms with Gasteiger partial charge in [0, 0.05) is 12.7 Å². The van der Waals surface area contributed by atoms with E-state index in [1.807, 2.05) is 13.0 Å². The molecule has 2 heterocycles. The van der Waals surface area contributed by atoms with Crippen molar-refractivity contribution in [1.82, 2.24) is 9.88 Å². The number of carbonyl (C=O) groups is 1. The van der Waals surface area contributed by atoms with Crippen molar-refractivity contribution < 1.29 is 9.53 Å². The summed E-state index contributed by atoms with van der Waals surface area (Å²) in [6, 6.07) is 3.62. The molecule has 0 bridgehead atoms. The van der Waals surface area contributed by atoms with E-state index in [-0.39, 0.29) is 5.97 Å². The van der Waals surface area contributed by atoms with Gasteiger partial charge in [-0.2, -0.15) is 0 Å². The first-order chi connectivity index (χ1) is 8.75. The Labute approximate surface area is 108 Å². The lowest BCUT2D eigenvalue weighted by molar-refractivity contribution is 0.0445. The lowest BCUT2D eigenvalue weighted by atomic mass is 10.1. The van der Waals surface area contributed by atoms with Crippen LogP contribution in [0.5, 0.6) is 0 Å². The molecule has 0 unspecified atom stereocenters. The summed E-state index contributed by atoms with van der Waals surface area (Å²) in [7, 11) is 0. The second kappa shape index (κ2) is 6.50. The first kappa shape index (κ1) is 13.0. The Kier molecular flexibility index (Phi) is 4.70. The third kappa shape index (κ3) is 3.81. The number of aryl methyl sites for hydroxylation is 1. The molecular weight excluding hydrogens is 228 g/mol. The van der Waals surface area contributed by atoms with Crippen LogP contribution in [0, 0.1) is 6.92 Å². The smallest absolute Gasteiger partial charge is 0.356 e. The maximum atomic E-state index is 11.7. The molecule has 0 aromatic carbocycles. The Morgan fingerprint density at radius 2 is 2.17 bits per heavy atom. The van der Waals surface area contributed by atoms with Crippen molar-refractivity contribution in [2.75, 3.05) is 26.2 Å². The monoisotopic (exact) mass is 248 g/mol. The molecule has 0 saturated carbocycles. The fourth-order valence-corrected chi connectivity index (χ4v) is 2.17. The van der Waals surface area contributed by atoms with Crippen LogP contribution in [0.25, 0.3) is 0 Å². The molecule has 0 N–H and O–H groups in total. The number of rotatable bonds is 4. The van der Waals surface area contributed by atoms with E-state index in [1.54, 1.807) is 12.3 Å². The van der Waals surface area contributed by atoms with E-state index in [0.29, 0.717) is 12.3 Å². The summed E-state index contributed by atoms with van der Waals surface area (Å²) in [6.45, 7) is 5.47. The van der Waals surface area contributed by atoms with Crippen LogP contribution in [0.2, 0.25) is 0 Å². The number of piperidine rings is 1. The number of aromatic nitrogens is 1. The van der Waals surface area contributed by atoms with Gasteiger partial charge in [0.15, 0.2) is 0 Å². The lowest BCUT2D eigenvalue weighted by Crippen LogP contribution is -2.33. The predicted molar refractivity (Wildman–Crippen MR) is 69.5 cm³/mol. The second-order valence-corrected chi connectivity index (χ2v) is 4.76. The summed E-state index contributed by atoms with van der Waals surface area (Å²) in [4.78, 5) is 18.1. The second-order valence-electron chi connectivity index (χ2n) is 4.76. The molecule has 1 aromatic rings. The number of hydrogen-bond donors (Lipinski definition) is 0. The normalized spacial score (nSPS) is 16.5. The fourth-order valence-electron chi connectivity index (χ4n) is 2.17. The molecule has 4 nitrogen and oxygen atoms in total. The average Bonchev–Trinajstić information content (AvgIpc) is 2.40. The maximum absolute atomic E-state index is 11.7. The van der Waals surface area contributed by atoms with Crippen LogP contribution in [0.1, 0.15) is 35.3 Å². The van der Waals surface area contributed by atoms with E-state index >= 15 is 0 Å². The molecule has 2 rings (SSSR count). The number of esters is 1. The van der Waals surface area contributed by atoms with Crippen molar-refractivity contribution in [3.8, 4) is 0 Å². The fraction of sp³-hybridized carbons (Fsp3) is 0.571. The molecule has 98 valence electrons. The zero-order chi connectivity index (χ0) is 12.8. The van der Waals surface area contributed by atoms with E-state index in [1.165, 1.54) is 19.3 Å². The van der Waals surface area contributed by atoms with E-state index in [9.17, 15) is 4.79 Å². The highest BCUT2D eigenvalue weighted by molar-refractivity contribution is 5.87. The van der Waals surface area contributed by atoms with E-state index < -0.39 is 0 Å². The summed E-state index contributed by atoms with van der Waals surface area (Å²) >= 11 is 0. The summed E-state index contributed by atoms with van der Waals surface area (Å²) in [5.74, 6) is -0.323. The van der Waals surface area contributed by atoms with Crippen molar-refractivity contribution in [3.05, 3.63) is 29.6 Å². The molecule has 0 radical (unpaired) electrons. The van der Waals surface area contributed by atoms with Crippen LogP contribution in [0.15, 0.2) is 18.3 Å². The number of pyridine rings is 1. The molecule has 0 aliphatic carbocycles. The molecule has 1 fully saturated rings. The maximum Gasteiger partial charge on any atom is 0.356 e.